The van der Waals surface area contributed by atoms with E-state index >= 15 is 0 Å². The molecule has 0 aliphatic carbocycles. The van der Waals surface area contributed by atoms with Crippen molar-refractivity contribution in [3.8, 4) is 0 Å². The third kappa shape index (κ3) is 2.82. The molecule has 0 aromatic rings. The maximum Gasteiger partial charge on any atom is 0.411 e. The molecule has 1 amide bonds. The standard InChI is InChI=1S/C13H19NO6/c1-5-9(16)13(10(17)18)6-8(15)7-14(13)11(19)20-12(2,3)4/h5,8,15H,1,6-7H2,2-4H3,(H,17,18)/t8?,13-/m1/s1. The van der Waals surface area contributed by atoms with Gasteiger partial charge in [-0.1, -0.05) is 6.58 Å². The van der Waals surface area contributed by atoms with E-state index in [0.29, 0.717) is 0 Å². The van der Waals surface area contributed by atoms with E-state index in [4.69, 9.17) is 4.74 Å². The van der Waals surface area contributed by atoms with Crippen molar-refractivity contribution in [1.82, 2.24) is 4.90 Å². The minimum Gasteiger partial charge on any atom is -0.479 e. The lowest BCUT2D eigenvalue weighted by molar-refractivity contribution is -0.154. The largest absolute Gasteiger partial charge is 0.479 e. The molecule has 0 bridgehead atoms. The summed E-state index contributed by atoms with van der Waals surface area (Å²) in [5, 5.41) is 19.0. The van der Waals surface area contributed by atoms with E-state index in [0.717, 1.165) is 11.0 Å². The van der Waals surface area contributed by atoms with E-state index in [1.807, 2.05) is 0 Å². The smallest absolute Gasteiger partial charge is 0.411 e. The summed E-state index contributed by atoms with van der Waals surface area (Å²) < 4.78 is 5.10. The van der Waals surface area contributed by atoms with Crippen molar-refractivity contribution in [2.75, 3.05) is 6.54 Å². The number of carbonyl (C=O) groups is 3. The molecule has 1 aliphatic rings. The number of carbonyl (C=O) groups excluding carboxylic acids is 2. The Balaban J connectivity index is 3.20. The van der Waals surface area contributed by atoms with Gasteiger partial charge in [0.25, 0.3) is 0 Å². The molecule has 2 atom stereocenters. The normalized spacial score (nSPS) is 26.2. The zero-order chi connectivity index (χ0) is 15.7. The van der Waals surface area contributed by atoms with E-state index in [1.54, 1.807) is 20.8 Å². The summed E-state index contributed by atoms with van der Waals surface area (Å²) in [6.45, 7) is 7.84. The Morgan fingerprint density at radius 2 is 1.95 bits per heavy atom. The molecule has 1 fully saturated rings. The maximum absolute atomic E-state index is 12.1. The van der Waals surface area contributed by atoms with Crippen LogP contribution in [0.25, 0.3) is 0 Å². The molecule has 7 nitrogen and oxygen atoms in total. The molecule has 0 saturated carbocycles. The summed E-state index contributed by atoms with van der Waals surface area (Å²) in [5.41, 5.74) is -2.99. The Hall–Kier alpha value is -1.89. The number of likely N-dealkylation sites (tertiary alicyclic amines) is 1. The summed E-state index contributed by atoms with van der Waals surface area (Å²) in [6, 6.07) is 0. The van der Waals surface area contributed by atoms with Crippen LogP contribution in [0.5, 0.6) is 0 Å². The molecule has 1 saturated heterocycles. The van der Waals surface area contributed by atoms with Crippen molar-refractivity contribution < 1.29 is 29.3 Å². The summed E-state index contributed by atoms with van der Waals surface area (Å²) in [6.07, 6.45) is -1.61. The first-order valence-corrected chi connectivity index (χ1v) is 6.13. The van der Waals surface area contributed by atoms with E-state index < -0.39 is 35.1 Å². The number of ketones is 1. The summed E-state index contributed by atoms with van der Waals surface area (Å²) in [7, 11) is 0. The Labute approximate surface area is 116 Å². The van der Waals surface area contributed by atoms with Crippen LogP contribution < -0.4 is 0 Å². The van der Waals surface area contributed by atoms with Gasteiger partial charge >= 0.3 is 12.1 Å². The van der Waals surface area contributed by atoms with Crippen LogP contribution in [0.2, 0.25) is 0 Å². The van der Waals surface area contributed by atoms with E-state index in [1.165, 1.54) is 0 Å². The number of hydrogen-bond acceptors (Lipinski definition) is 5. The quantitative estimate of drug-likeness (QED) is 0.580. The van der Waals surface area contributed by atoms with Crippen LogP contribution in [-0.2, 0) is 14.3 Å². The van der Waals surface area contributed by atoms with Crippen molar-refractivity contribution in [2.45, 2.75) is 44.4 Å². The number of rotatable bonds is 3. The summed E-state index contributed by atoms with van der Waals surface area (Å²) in [4.78, 5) is 36.3. The van der Waals surface area contributed by atoms with Crippen molar-refractivity contribution in [3.05, 3.63) is 12.7 Å². The highest BCUT2D eigenvalue weighted by atomic mass is 16.6. The second kappa shape index (κ2) is 5.24. The van der Waals surface area contributed by atoms with Crippen molar-refractivity contribution in [2.24, 2.45) is 0 Å². The molecule has 1 aliphatic heterocycles. The van der Waals surface area contributed by atoms with Gasteiger partial charge in [0.1, 0.15) is 5.60 Å². The summed E-state index contributed by atoms with van der Waals surface area (Å²) >= 11 is 0. The fourth-order valence-corrected chi connectivity index (χ4v) is 2.14. The molecule has 0 radical (unpaired) electrons. The van der Waals surface area contributed by atoms with Gasteiger partial charge in [0, 0.05) is 6.42 Å². The van der Waals surface area contributed by atoms with Gasteiger partial charge in [0.2, 0.25) is 5.54 Å². The average Bonchev–Trinajstić information content (AvgIpc) is 2.65. The van der Waals surface area contributed by atoms with Crippen molar-refractivity contribution in [3.63, 3.8) is 0 Å². The molecule has 20 heavy (non-hydrogen) atoms. The number of carboxylic acids is 1. The van der Waals surface area contributed by atoms with Gasteiger partial charge in [-0.25, -0.2) is 9.59 Å². The van der Waals surface area contributed by atoms with Gasteiger partial charge in [-0.3, -0.25) is 9.69 Å². The number of β-amino-alcohol motifs (C(OH)–C–C–N with tert-alkyl or cyclic N) is 1. The Kier molecular flexibility index (Phi) is 4.24. The lowest BCUT2D eigenvalue weighted by Crippen LogP contribution is -2.58. The predicted molar refractivity (Wildman–Crippen MR) is 69.1 cm³/mol. The lowest BCUT2D eigenvalue weighted by atomic mass is 9.90. The van der Waals surface area contributed by atoms with Crippen molar-refractivity contribution in [1.29, 1.82) is 0 Å². The first-order chi connectivity index (χ1) is 9.04. The molecule has 7 heteroatoms. The number of aliphatic hydroxyl groups is 1. The first kappa shape index (κ1) is 16.2. The molecular formula is C13H19NO6. The van der Waals surface area contributed by atoms with Crippen LogP contribution >= 0.6 is 0 Å². The molecule has 1 heterocycles. The highest BCUT2D eigenvalue weighted by Crippen LogP contribution is 2.33. The van der Waals surface area contributed by atoms with Gasteiger partial charge in [-0.15, -0.1) is 0 Å². The number of amides is 1. The lowest BCUT2D eigenvalue weighted by Gasteiger charge is -2.33. The van der Waals surface area contributed by atoms with E-state index in [9.17, 15) is 24.6 Å². The number of aliphatic hydroxyl groups excluding tert-OH is 1. The highest BCUT2D eigenvalue weighted by Gasteiger charge is 2.58. The first-order valence-electron chi connectivity index (χ1n) is 6.13. The van der Waals surface area contributed by atoms with Crippen LogP contribution in [0.3, 0.4) is 0 Å². The van der Waals surface area contributed by atoms with Gasteiger partial charge in [-0.2, -0.15) is 0 Å². The average molecular weight is 285 g/mol. The second-order valence-electron chi connectivity index (χ2n) is 5.68. The van der Waals surface area contributed by atoms with E-state index in [-0.39, 0.29) is 13.0 Å². The van der Waals surface area contributed by atoms with Gasteiger partial charge in [0.15, 0.2) is 5.78 Å². The number of carboxylic acid groups (broad SMARTS) is 1. The van der Waals surface area contributed by atoms with Crippen LogP contribution in [-0.4, -0.2) is 56.7 Å². The Bertz CT molecular complexity index is 452. The molecule has 1 rings (SSSR count). The second-order valence-corrected chi connectivity index (χ2v) is 5.68. The number of nitrogens with zero attached hydrogens (tertiary/aromatic N) is 1. The molecule has 2 N–H and O–H groups in total. The Morgan fingerprint density at radius 3 is 2.35 bits per heavy atom. The van der Waals surface area contributed by atoms with Gasteiger partial charge < -0.3 is 14.9 Å². The van der Waals surface area contributed by atoms with E-state index in [2.05, 4.69) is 6.58 Å². The van der Waals surface area contributed by atoms with Crippen LogP contribution in [0.1, 0.15) is 27.2 Å². The Morgan fingerprint density at radius 1 is 1.40 bits per heavy atom. The third-order valence-corrected chi connectivity index (χ3v) is 2.95. The van der Waals surface area contributed by atoms with Gasteiger partial charge in [0.05, 0.1) is 12.6 Å². The van der Waals surface area contributed by atoms with Crippen LogP contribution in [0, 0.1) is 0 Å². The minimum absolute atomic E-state index is 0.277. The number of aliphatic carboxylic acids is 1. The third-order valence-electron chi connectivity index (χ3n) is 2.95. The fraction of sp³-hybridized carbons (Fsp3) is 0.615. The van der Waals surface area contributed by atoms with Crippen LogP contribution in [0.4, 0.5) is 4.79 Å². The minimum atomic E-state index is -2.15. The molecule has 0 aromatic heterocycles. The zero-order valence-corrected chi connectivity index (χ0v) is 11.8. The molecule has 1 unspecified atom stereocenters. The maximum atomic E-state index is 12.1. The monoisotopic (exact) mass is 285 g/mol. The van der Waals surface area contributed by atoms with Crippen LogP contribution in [0.15, 0.2) is 12.7 Å². The predicted octanol–water partition coefficient (Wildman–Crippen LogP) is 0.567. The number of ether oxygens (including phenoxy) is 1. The SMILES string of the molecule is C=CC(=O)[C@@]1(C(=O)O)CC(O)CN1C(=O)OC(C)(C)C. The molecule has 112 valence electrons. The highest BCUT2D eigenvalue weighted by molar-refractivity contribution is 6.14. The molecule has 0 aromatic carbocycles. The van der Waals surface area contributed by atoms with Gasteiger partial charge in [-0.05, 0) is 26.8 Å². The fourth-order valence-electron chi connectivity index (χ4n) is 2.14. The molecule has 0 spiro atoms. The molecular weight excluding hydrogens is 266 g/mol. The number of hydrogen-bond donors (Lipinski definition) is 2. The topological polar surface area (TPSA) is 104 Å². The zero-order valence-electron chi connectivity index (χ0n) is 11.8. The summed E-state index contributed by atoms with van der Waals surface area (Å²) in [5.74, 6) is -2.36. The van der Waals surface area contributed by atoms with Crippen molar-refractivity contribution >= 4 is 17.8 Å².